The first-order chi connectivity index (χ1) is 4.95. The van der Waals surface area contributed by atoms with E-state index in [4.69, 9.17) is 5.11 Å². The fraction of sp³-hybridized carbons (Fsp3) is 0.625. The Hall–Kier alpha value is -0.990. The second-order valence-corrected chi connectivity index (χ2v) is 2.96. The number of nitrogens with zero attached hydrogens (tertiary/aromatic N) is 1. The number of amides is 1. The third kappa shape index (κ3) is 3.65. The van der Waals surface area contributed by atoms with Gasteiger partial charge in [0.2, 0.25) is 0 Å². The van der Waals surface area contributed by atoms with Gasteiger partial charge in [-0.2, -0.15) is 0 Å². The average molecular weight is 157 g/mol. The number of hydrogen-bond donors (Lipinski definition) is 1. The Morgan fingerprint density at radius 2 is 2.09 bits per heavy atom. The Bertz CT molecular complexity index is 163. The van der Waals surface area contributed by atoms with Gasteiger partial charge in [-0.05, 0) is 20.8 Å². The molecule has 11 heavy (non-hydrogen) atoms. The molecular formula is C8H15NO2. The Labute approximate surface area is 67.3 Å². The molecule has 0 aliphatic carbocycles. The van der Waals surface area contributed by atoms with Crippen molar-refractivity contribution >= 4 is 6.09 Å². The summed E-state index contributed by atoms with van der Waals surface area (Å²) in [5.74, 6) is 0. The summed E-state index contributed by atoms with van der Waals surface area (Å²) >= 11 is 0. The van der Waals surface area contributed by atoms with Crippen LogP contribution in [0.2, 0.25) is 0 Å². The van der Waals surface area contributed by atoms with Crippen LogP contribution in [-0.4, -0.2) is 28.7 Å². The summed E-state index contributed by atoms with van der Waals surface area (Å²) < 4.78 is 0. The molecule has 0 radical (unpaired) electrons. The van der Waals surface area contributed by atoms with Gasteiger partial charge in [-0.25, -0.2) is 4.79 Å². The number of carbonyl (C=O) groups is 1. The molecule has 1 amide bonds. The van der Waals surface area contributed by atoms with Gasteiger partial charge in [0, 0.05) is 12.6 Å². The van der Waals surface area contributed by atoms with Crippen molar-refractivity contribution in [1.29, 1.82) is 0 Å². The van der Waals surface area contributed by atoms with Crippen LogP contribution in [-0.2, 0) is 0 Å². The number of carboxylic acid groups (broad SMARTS) is 1. The molecule has 3 nitrogen and oxygen atoms in total. The lowest BCUT2D eigenvalue weighted by Gasteiger charge is -2.23. The van der Waals surface area contributed by atoms with Crippen molar-refractivity contribution < 1.29 is 9.90 Å². The Morgan fingerprint density at radius 1 is 1.64 bits per heavy atom. The number of hydrogen-bond acceptors (Lipinski definition) is 1. The molecule has 0 fully saturated rings. The van der Waals surface area contributed by atoms with Crippen LogP contribution in [0, 0.1) is 0 Å². The van der Waals surface area contributed by atoms with Gasteiger partial charge in [0.15, 0.2) is 0 Å². The average Bonchev–Trinajstić information content (AvgIpc) is 1.81. The second kappa shape index (κ2) is 4.01. The van der Waals surface area contributed by atoms with Crippen molar-refractivity contribution in [3.63, 3.8) is 0 Å². The van der Waals surface area contributed by atoms with E-state index in [-0.39, 0.29) is 6.04 Å². The Kier molecular flexibility index (Phi) is 3.65. The molecule has 0 aliphatic rings. The predicted octanol–water partition coefficient (Wildman–Crippen LogP) is 1.95. The minimum Gasteiger partial charge on any atom is -0.465 e. The van der Waals surface area contributed by atoms with Gasteiger partial charge in [0.25, 0.3) is 0 Å². The van der Waals surface area contributed by atoms with E-state index in [1.165, 1.54) is 4.90 Å². The molecule has 0 unspecified atom stereocenters. The standard InChI is InChI=1S/C8H15NO2/c1-6(2)5-9(7(3)4)8(10)11/h7H,1,5H2,2-4H3,(H,10,11). The highest BCUT2D eigenvalue weighted by Gasteiger charge is 2.14. The van der Waals surface area contributed by atoms with E-state index in [0.29, 0.717) is 6.54 Å². The van der Waals surface area contributed by atoms with Crippen LogP contribution in [0.5, 0.6) is 0 Å². The molecule has 1 N–H and O–H groups in total. The van der Waals surface area contributed by atoms with Gasteiger partial charge in [-0.3, -0.25) is 0 Å². The maximum Gasteiger partial charge on any atom is 0.407 e. The maximum absolute atomic E-state index is 10.6. The quantitative estimate of drug-likeness (QED) is 0.636. The summed E-state index contributed by atoms with van der Waals surface area (Å²) in [4.78, 5) is 11.9. The summed E-state index contributed by atoms with van der Waals surface area (Å²) in [5.41, 5.74) is 0.862. The molecule has 0 atom stereocenters. The molecule has 0 aromatic rings. The van der Waals surface area contributed by atoms with E-state index >= 15 is 0 Å². The molecule has 0 bridgehead atoms. The summed E-state index contributed by atoms with van der Waals surface area (Å²) in [5, 5.41) is 8.68. The molecule has 0 aliphatic heterocycles. The lowest BCUT2D eigenvalue weighted by atomic mass is 10.2. The maximum atomic E-state index is 10.6. The zero-order valence-corrected chi connectivity index (χ0v) is 7.29. The van der Waals surface area contributed by atoms with E-state index in [1.807, 2.05) is 20.8 Å². The van der Waals surface area contributed by atoms with Gasteiger partial charge in [0.1, 0.15) is 0 Å². The van der Waals surface area contributed by atoms with E-state index in [0.717, 1.165) is 5.57 Å². The highest BCUT2D eigenvalue weighted by atomic mass is 16.4. The van der Waals surface area contributed by atoms with Gasteiger partial charge in [-0.15, -0.1) is 0 Å². The fourth-order valence-corrected chi connectivity index (χ4v) is 0.762. The third-order valence-corrected chi connectivity index (χ3v) is 1.31. The van der Waals surface area contributed by atoms with Crippen molar-refractivity contribution in [2.45, 2.75) is 26.8 Å². The van der Waals surface area contributed by atoms with Crippen LogP contribution in [0.1, 0.15) is 20.8 Å². The summed E-state index contributed by atoms with van der Waals surface area (Å²) in [7, 11) is 0. The molecule has 0 heterocycles. The van der Waals surface area contributed by atoms with Crippen molar-refractivity contribution in [3.8, 4) is 0 Å². The molecular weight excluding hydrogens is 142 g/mol. The molecule has 0 spiro atoms. The molecule has 0 rings (SSSR count). The zero-order valence-electron chi connectivity index (χ0n) is 7.29. The predicted molar refractivity (Wildman–Crippen MR) is 44.7 cm³/mol. The minimum absolute atomic E-state index is 0.0178. The zero-order chi connectivity index (χ0) is 9.02. The van der Waals surface area contributed by atoms with Crippen molar-refractivity contribution in [2.24, 2.45) is 0 Å². The molecule has 0 aromatic heterocycles. The monoisotopic (exact) mass is 157 g/mol. The van der Waals surface area contributed by atoms with E-state index in [1.54, 1.807) is 0 Å². The smallest absolute Gasteiger partial charge is 0.407 e. The van der Waals surface area contributed by atoms with Gasteiger partial charge >= 0.3 is 6.09 Å². The van der Waals surface area contributed by atoms with Gasteiger partial charge < -0.3 is 10.0 Å². The molecule has 0 saturated carbocycles. The van der Waals surface area contributed by atoms with Crippen LogP contribution in [0.25, 0.3) is 0 Å². The molecule has 3 heteroatoms. The normalized spacial score (nSPS) is 9.82. The van der Waals surface area contributed by atoms with E-state index in [9.17, 15) is 4.79 Å². The van der Waals surface area contributed by atoms with Crippen LogP contribution >= 0.6 is 0 Å². The van der Waals surface area contributed by atoms with Crippen LogP contribution < -0.4 is 0 Å². The lowest BCUT2D eigenvalue weighted by Crippen LogP contribution is -2.36. The topological polar surface area (TPSA) is 40.5 Å². The van der Waals surface area contributed by atoms with Crippen LogP contribution in [0.4, 0.5) is 4.79 Å². The highest BCUT2D eigenvalue weighted by Crippen LogP contribution is 2.01. The minimum atomic E-state index is -0.886. The third-order valence-electron chi connectivity index (χ3n) is 1.31. The van der Waals surface area contributed by atoms with E-state index < -0.39 is 6.09 Å². The molecule has 64 valence electrons. The lowest BCUT2D eigenvalue weighted by molar-refractivity contribution is 0.137. The summed E-state index contributed by atoms with van der Waals surface area (Å²) in [6.07, 6.45) is -0.886. The van der Waals surface area contributed by atoms with E-state index in [2.05, 4.69) is 6.58 Å². The Balaban J connectivity index is 4.12. The van der Waals surface area contributed by atoms with Crippen LogP contribution in [0.3, 0.4) is 0 Å². The summed E-state index contributed by atoms with van der Waals surface area (Å²) in [6.45, 7) is 9.58. The Morgan fingerprint density at radius 3 is 2.18 bits per heavy atom. The molecule has 0 saturated heterocycles. The van der Waals surface area contributed by atoms with Crippen molar-refractivity contribution in [2.75, 3.05) is 6.54 Å². The summed E-state index contributed by atoms with van der Waals surface area (Å²) in [6, 6.07) is 0.0178. The van der Waals surface area contributed by atoms with Crippen molar-refractivity contribution in [3.05, 3.63) is 12.2 Å². The molecule has 0 aromatic carbocycles. The largest absolute Gasteiger partial charge is 0.465 e. The highest BCUT2D eigenvalue weighted by molar-refractivity contribution is 5.65. The van der Waals surface area contributed by atoms with Crippen LogP contribution in [0.15, 0.2) is 12.2 Å². The second-order valence-electron chi connectivity index (χ2n) is 2.96. The van der Waals surface area contributed by atoms with Gasteiger partial charge in [0.05, 0.1) is 0 Å². The number of rotatable bonds is 3. The van der Waals surface area contributed by atoms with Gasteiger partial charge in [-0.1, -0.05) is 12.2 Å². The van der Waals surface area contributed by atoms with Crippen molar-refractivity contribution in [1.82, 2.24) is 4.90 Å². The SMILES string of the molecule is C=C(C)CN(C(=O)O)C(C)C. The first-order valence-electron chi connectivity index (χ1n) is 3.59. The first kappa shape index (κ1) is 10.0. The fourth-order valence-electron chi connectivity index (χ4n) is 0.762. The first-order valence-corrected chi connectivity index (χ1v) is 3.59.